The lowest BCUT2D eigenvalue weighted by atomic mass is 10.2. The third-order valence-electron chi connectivity index (χ3n) is 1.97. The Morgan fingerprint density at radius 1 is 1.65 bits per heavy atom. The van der Waals surface area contributed by atoms with Crippen LogP contribution in [0.15, 0.2) is 6.20 Å². The largest absolute Gasteiger partial charge is 0.478 e. The number of nitrogens with zero attached hydrogens (tertiary/aromatic N) is 1. The van der Waals surface area contributed by atoms with E-state index in [2.05, 4.69) is 10.3 Å². The van der Waals surface area contributed by atoms with Crippen molar-refractivity contribution in [3.8, 4) is 6.07 Å². The van der Waals surface area contributed by atoms with Gasteiger partial charge in [0.1, 0.15) is 5.56 Å². The molecule has 0 bridgehead atoms. The second-order valence-electron chi connectivity index (χ2n) is 3.21. The summed E-state index contributed by atoms with van der Waals surface area (Å²) in [6.07, 6.45) is 1.44. The quantitative estimate of drug-likeness (QED) is 0.684. The predicted octanol–water partition coefficient (Wildman–Crippen LogP) is 1.22. The number of rotatable bonds is 5. The van der Waals surface area contributed by atoms with Gasteiger partial charge in [0, 0.05) is 11.9 Å². The van der Waals surface area contributed by atoms with Gasteiger partial charge in [0.05, 0.1) is 23.3 Å². The number of carbonyl (C=O) groups excluding carboxylic acids is 1. The molecule has 17 heavy (non-hydrogen) atoms. The summed E-state index contributed by atoms with van der Waals surface area (Å²) in [7, 11) is 0. The molecule has 1 heterocycles. The molecule has 0 spiro atoms. The highest BCUT2D eigenvalue weighted by atomic mass is 32.2. The van der Waals surface area contributed by atoms with E-state index in [9.17, 15) is 9.59 Å². The molecule has 0 saturated carbocycles. The van der Waals surface area contributed by atoms with Gasteiger partial charge in [0.15, 0.2) is 0 Å². The van der Waals surface area contributed by atoms with E-state index in [0.29, 0.717) is 5.69 Å². The molecule has 0 radical (unpaired) electrons. The number of carbonyl (C=O) groups is 2. The van der Waals surface area contributed by atoms with Crippen molar-refractivity contribution in [3.63, 3.8) is 0 Å². The van der Waals surface area contributed by atoms with Crippen LogP contribution < -0.4 is 5.32 Å². The molecule has 1 aromatic heterocycles. The summed E-state index contributed by atoms with van der Waals surface area (Å²) in [5, 5.41) is 19.7. The number of thioether (sulfide) groups is 1. The number of aromatic amines is 1. The zero-order valence-corrected chi connectivity index (χ0v) is 9.93. The topological polar surface area (TPSA) is 106 Å². The Morgan fingerprint density at radius 3 is 2.94 bits per heavy atom. The smallest absolute Gasteiger partial charge is 0.339 e. The molecule has 0 aliphatic carbocycles. The Kier molecular flexibility index (Phi) is 4.60. The first kappa shape index (κ1) is 13.1. The molecule has 1 amide bonds. The van der Waals surface area contributed by atoms with Crippen LogP contribution in [0.4, 0.5) is 5.69 Å². The van der Waals surface area contributed by atoms with Crippen LogP contribution in [0.2, 0.25) is 0 Å². The van der Waals surface area contributed by atoms with Crippen molar-refractivity contribution < 1.29 is 14.7 Å². The van der Waals surface area contributed by atoms with Crippen LogP contribution in [-0.4, -0.2) is 33.5 Å². The summed E-state index contributed by atoms with van der Waals surface area (Å²) in [4.78, 5) is 25.1. The van der Waals surface area contributed by atoms with Gasteiger partial charge in [-0.3, -0.25) is 4.79 Å². The van der Waals surface area contributed by atoms with Crippen LogP contribution in [0.1, 0.15) is 16.1 Å². The minimum Gasteiger partial charge on any atom is -0.478 e. The van der Waals surface area contributed by atoms with E-state index in [0.717, 1.165) is 0 Å². The first-order chi connectivity index (χ1) is 8.06. The van der Waals surface area contributed by atoms with E-state index in [1.165, 1.54) is 18.0 Å². The molecular formula is C10H11N3O3S. The van der Waals surface area contributed by atoms with Crippen molar-refractivity contribution in [2.75, 3.05) is 16.8 Å². The van der Waals surface area contributed by atoms with Gasteiger partial charge in [-0.05, 0) is 6.92 Å². The van der Waals surface area contributed by atoms with Gasteiger partial charge < -0.3 is 15.4 Å². The highest BCUT2D eigenvalue weighted by Gasteiger charge is 2.16. The van der Waals surface area contributed by atoms with Crippen molar-refractivity contribution in [1.29, 1.82) is 5.26 Å². The molecule has 0 aliphatic rings. The van der Waals surface area contributed by atoms with Crippen LogP contribution in [0, 0.1) is 18.3 Å². The van der Waals surface area contributed by atoms with E-state index in [-0.39, 0.29) is 28.7 Å². The number of aromatic carboxylic acids is 1. The summed E-state index contributed by atoms with van der Waals surface area (Å²) in [5.41, 5.74) is 0.790. The van der Waals surface area contributed by atoms with Gasteiger partial charge in [0.2, 0.25) is 5.91 Å². The molecule has 3 N–H and O–H groups in total. The lowest BCUT2D eigenvalue weighted by Crippen LogP contribution is -2.16. The molecule has 90 valence electrons. The maximum atomic E-state index is 11.4. The monoisotopic (exact) mass is 253 g/mol. The number of nitriles is 1. The second kappa shape index (κ2) is 5.96. The summed E-state index contributed by atoms with van der Waals surface area (Å²) < 4.78 is 0. The number of aromatic nitrogens is 1. The summed E-state index contributed by atoms with van der Waals surface area (Å²) in [5.74, 6) is -1.07. The molecule has 0 fully saturated rings. The fourth-order valence-electron chi connectivity index (χ4n) is 1.28. The van der Waals surface area contributed by atoms with Crippen LogP contribution >= 0.6 is 11.8 Å². The van der Waals surface area contributed by atoms with Gasteiger partial charge in [0.25, 0.3) is 0 Å². The van der Waals surface area contributed by atoms with Gasteiger partial charge >= 0.3 is 5.97 Å². The van der Waals surface area contributed by atoms with Gasteiger partial charge in [-0.15, -0.1) is 11.8 Å². The lowest BCUT2D eigenvalue weighted by Gasteiger charge is -2.03. The van der Waals surface area contributed by atoms with Crippen molar-refractivity contribution in [1.82, 2.24) is 4.98 Å². The molecule has 0 unspecified atom stereocenters. The van der Waals surface area contributed by atoms with Crippen LogP contribution in [0.5, 0.6) is 0 Å². The average molecular weight is 253 g/mol. The molecule has 0 saturated heterocycles. The normalized spacial score (nSPS) is 9.65. The molecule has 0 atom stereocenters. The maximum absolute atomic E-state index is 11.4. The van der Waals surface area contributed by atoms with Gasteiger partial charge in [-0.2, -0.15) is 5.26 Å². The summed E-state index contributed by atoms with van der Waals surface area (Å²) in [6, 6.07) is 1.90. The predicted molar refractivity (Wildman–Crippen MR) is 64.1 cm³/mol. The van der Waals surface area contributed by atoms with E-state index in [4.69, 9.17) is 10.4 Å². The Morgan fingerprint density at radius 2 is 2.35 bits per heavy atom. The number of nitrogens with one attached hydrogen (secondary N) is 2. The van der Waals surface area contributed by atoms with Gasteiger partial charge in [-0.25, -0.2) is 4.79 Å². The fourth-order valence-corrected chi connectivity index (χ4v) is 1.73. The maximum Gasteiger partial charge on any atom is 0.339 e. The molecule has 1 rings (SSSR count). The number of carboxylic acid groups (broad SMARTS) is 1. The first-order valence-electron chi connectivity index (χ1n) is 4.72. The Bertz CT molecular complexity index is 476. The molecule has 0 aliphatic heterocycles. The van der Waals surface area contributed by atoms with Crippen molar-refractivity contribution >= 4 is 29.3 Å². The van der Waals surface area contributed by atoms with Crippen LogP contribution in [0.3, 0.4) is 0 Å². The first-order valence-corrected chi connectivity index (χ1v) is 5.87. The van der Waals surface area contributed by atoms with Crippen molar-refractivity contribution in [2.24, 2.45) is 0 Å². The van der Waals surface area contributed by atoms with Crippen molar-refractivity contribution in [2.45, 2.75) is 6.92 Å². The van der Waals surface area contributed by atoms with E-state index in [1.54, 1.807) is 6.92 Å². The Balaban J connectivity index is 2.66. The third kappa shape index (κ3) is 3.53. The number of hydrogen-bond acceptors (Lipinski definition) is 4. The average Bonchev–Trinajstić information content (AvgIpc) is 2.60. The SMILES string of the molecule is Cc1[nH]cc(NC(=O)CSCC#N)c1C(=O)O. The highest BCUT2D eigenvalue weighted by molar-refractivity contribution is 8.00. The number of hydrogen-bond donors (Lipinski definition) is 3. The lowest BCUT2D eigenvalue weighted by molar-refractivity contribution is -0.113. The number of aryl methyl sites for hydroxylation is 1. The summed E-state index contributed by atoms with van der Waals surface area (Å²) >= 11 is 1.17. The van der Waals surface area contributed by atoms with Crippen LogP contribution in [-0.2, 0) is 4.79 Å². The fraction of sp³-hybridized carbons (Fsp3) is 0.300. The number of anilines is 1. The highest BCUT2D eigenvalue weighted by Crippen LogP contribution is 2.19. The van der Waals surface area contributed by atoms with Crippen molar-refractivity contribution in [3.05, 3.63) is 17.5 Å². The Labute approximate surface area is 102 Å². The molecule has 0 aromatic carbocycles. The standard InChI is InChI=1S/C10H11N3O3S/c1-6-9(10(15)16)7(4-12-6)13-8(14)5-17-3-2-11/h4,12H,3,5H2,1H3,(H,13,14)(H,15,16). The minimum atomic E-state index is -1.09. The zero-order valence-electron chi connectivity index (χ0n) is 9.11. The number of H-pyrrole nitrogens is 1. The van der Waals surface area contributed by atoms with E-state index >= 15 is 0 Å². The summed E-state index contributed by atoms with van der Waals surface area (Å²) in [6.45, 7) is 1.61. The molecular weight excluding hydrogens is 242 g/mol. The number of carboxylic acids is 1. The zero-order chi connectivity index (χ0) is 12.8. The number of amides is 1. The molecule has 1 aromatic rings. The van der Waals surface area contributed by atoms with E-state index in [1.807, 2.05) is 6.07 Å². The third-order valence-corrected chi connectivity index (χ3v) is 2.76. The Hall–Kier alpha value is -1.94. The second-order valence-corrected chi connectivity index (χ2v) is 4.19. The van der Waals surface area contributed by atoms with Gasteiger partial charge in [-0.1, -0.05) is 0 Å². The minimum absolute atomic E-state index is 0.0589. The van der Waals surface area contributed by atoms with Crippen LogP contribution in [0.25, 0.3) is 0 Å². The molecule has 6 nitrogen and oxygen atoms in total. The van der Waals surface area contributed by atoms with E-state index < -0.39 is 5.97 Å². The molecule has 7 heteroatoms.